The van der Waals surface area contributed by atoms with E-state index < -0.39 is 12.0 Å². The van der Waals surface area contributed by atoms with Crippen LogP contribution >= 0.6 is 46.0 Å². The molecule has 108 valence electrons. The lowest BCUT2D eigenvalue weighted by atomic mass is 10.1. The number of carboxylic acid groups (broad SMARTS) is 1. The van der Waals surface area contributed by atoms with Crippen molar-refractivity contribution >= 4 is 57.8 Å². The molecule has 20 heavy (non-hydrogen) atoms. The van der Waals surface area contributed by atoms with Gasteiger partial charge in [-0.2, -0.15) is 0 Å². The third kappa shape index (κ3) is 2.99. The number of carbonyl (C=O) groups is 2. The highest BCUT2D eigenvalue weighted by molar-refractivity contribution is 14.1. The lowest BCUT2D eigenvalue weighted by Crippen LogP contribution is -2.41. The molecule has 0 aliphatic carbocycles. The van der Waals surface area contributed by atoms with Crippen molar-refractivity contribution in [3.63, 3.8) is 0 Å². The molecule has 0 spiro atoms. The summed E-state index contributed by atoms with van der Waals surface area (Å²) in [6, 6.07) is 2.37. The number of rotatable bonds is 3. The Bertz CT molecular complexity index is 569. The van der Waals surface area contributed by atoms with Gasteiger partial charge in [0.2, 0.25) is 0 Å². The zero-order chi connectivity index (χ0) is 14.9. The molecule has 1 aromatic rings. The smallest absolute Gasteiger partial charge is 0.327 e. The Morgan fingerprint density at radius 3 is 2.85 bits per heavy atom. The largest absolute Gasteiger partial charge is 0.496 e. The van der Waals surface area contributed by atoms with E-state index >= 15 is 0 Å². The number of methoxy groups -OCH3 is 1. The van der Waals surface area contributed by atoms with Crippen molar-refractivity contribution in [2.45, 2.75) is 6.04 Å². The summed E-state index contributed by atoms with van der Waals surface area (Å²) in [7, 11) is 1.46. The van der Waals surface area contributed by atoms with Gasteiger partial charge in [0, 0.05) is 9.32 Å². The van der Waals surface area contributed by atoms with Gasteiger partial charge in [-0.1, -0.05) is 11.6 Å². The van der Waals surface area contributed by atoms with Gasteiger partial charge in [-0.15, -0.1) is 11.8 Å². The summed E-state index contributed by atoms with van der Waals surface area (Å²) < 4.78 is 5.96. The number of benzene rings is 1. The molecule has 1 fully saturated rings. The molecule has 1 N–H and O–H groups in total. The van der Waals surface area contributed by atoms with Gasteiger partial charge in [-0.05, 0) is 34.7 Å². The van der Waals surface area contributed by atoms with Crippen LogP contribution in [0.4, 0.5) is 0 Å². The van der Waals surface area contributed by atoms with Gasteiger partial charge in [-0.3, -0.25) is 4.79 Å². The van der Waals surface area contributed by atoms with Gasteiger partial charge < -0.3 is 14.7 Å². The quantitative estimate of drug-likeness (QED) is 0.751. The van der Waals surface area contributed by atoms with Crippen LogP contribution in [0.25, 0.3) is 0 Å². The molecule has 0 bridgehead atoms. The molecule has 0 saturated carbocycles. The Morgan fingerprint density at radius 2 is 2.25 bits per heavy atom. The average molecular weight is 428 g/mol. The van der Waals surface area contributed by atoms with Crippen LogP contribution in [0.2, 0.25) is 5.02 Å². The van der Waals surface area contributed by atoms with Crippen molar-refractivity contribution in [2.24, 2.45) is 0 Å². The fourth-order valence-corrected chi connectivity index (χ4v) is 3.61. The van der Waals surface area contributed by atoms with E-state index in [2.05, 4.69) is 0 Å². The molecule has 1 atom stereocenters. The van der Waals surface area contributed by atoms with Crippen LogP contribution in [-0.2, 0) is 4.79 Å². The number of carbonyl (C=O) groups excluding carboxylic acids is 1. The number of halogens is 2. The van der Waals surface area contributed by atoms with Crippen molar-refractivity contribution in [2.75, 3.05) is 18.7 Å². The van der Waals surface area contributed by atoms with Crippen LogP contribution in [0.1, 0.15) is 10.4 Å². The zero-order valence-corrected chi connectivity index (χ0v) is 14.2. The van der Waals surface area contributed by atoms with Crippen LogP contribution in [0.5, 0.6) is 5.75 Å². The number of hydrogen-bond donors (Lipinski definition) is 1. The number of hydrogen-bond acceptors (Lipinski definition) is 4. The molecular weight excluding hydrogens is 417 g/mol. The SMILES string of the molecule is COc1cc(I)c(Cl)cc1C(=O)N1CSC[C@H]1C(=O)O. The standard InChI is InChI=1S/C12H11ClINO4S/c1-19-10-3-8(14)7(13)2-6(10)11(16)15-5-20-4-9(15)12(17)18/h2-3,9H,4-5H2,1H3,(H,17,18)/t9-/m0/s1. The van der Waals surface area contributed by atoms with Crippen LogP contribution in [0.15, 0.2) is 12.1 Å². The Labute approximate surface area is 138 Å². The zero-order valence-electron chi connectivity index (χ0n) is 10.4. The molecule has 0 aromatic heterocycles. The first-order valence-electron chi connectivity index (χ1n) is 5.60. The number of carboxylic acids is 1. The molecule has 5 nitrogen and oxygen atoms in total. The van der Waals surface area contributed by atoms with Gasteiger partial charge in [0.1, 0.15) is 11.8 Å². The number of aliphatic carboxylic acids is 1. The normalized spacial score (nSPS) is 18.1. The summed E-state index contributed by atoms with van der Waals surface area (Å²) in [5, 5.41) is 9.58. The van der Waals surface area contributed by atoms with E-state index in [1.54, 1.807) is 6.07 Å². The number of nitrogens with zero attached hydrogens (tertiary/aromatic N) is 1. The second-order valence-corrected chi connectivity index (χ2v) is 6.66. The maximum atomic E-state index is 12.5. The highest BCUT2D eigenvalue weighted by Crippen LogP contribution is 2.31. The number of ether oxygens (including phenoxy) is 1. The number of thioether (sulfide) groups is 1. The van der Waals surface area contributed by atoms with E-state index in [1.165, 1.54) is 29.8 Å². The van der Waals surface area contributed by atoms with Crippen molar-refractivity contribution in [3.05, 3.63) is 26.3 Å². The lowest BCUT2D eigenvalue weighted by molar-refractivity contribution is -0.140. The summed E-state index contributed by atoms with van der Waals surface area (Å²) in [5.41, 5.74) is 0.284. The molecule has 1 aliphatic heterocycles. The van der Waals surface area contributed by atoms with Crippen molar-refractivity contribution in [1.29, 1.82) is 0 Å². The molecule has 8 heteroatoms. The highest BCUT2D eigenvalue weighted by atomic mass is 127. The van der Waals surface area contributed by atoms with E-state index in [9.17, 15) is 9.59 Å². The Hall–Kier alpha value is -0.670. The predicted molar refractivity (Wildman–Crippen MR) is 85.6 cm³/mol. The first-order chi connectivity index (χ1) is 9.45. The maximum Gasteiger partial charge on any atom is 0.327 e. The Kier molecular flexibility index (Phi) is 5.03. The molecule has 0 unspecified atom stereocenters. The minimum Gasteiger partial charge on any atom is -0.496 e. The van der Waals surface area contributed by atoms with Crippen LogP contribution in [0.3, 0.4) is 0 Å². The highest BCUT2D eigenvalue weighted by Gasteiger charge is 2.36. The first-order valence-corrected chi connectivity index (χ1v) is 8.21. The van der Waals surface area contributed by atoms with Gasteiger partial charge in [0.05, 0.1) is 23.6 Å². The van der Waals surface area contributed by atoms with Crippen LogP contribution < -0.4 is 4.74 Å². The van der Waals surface area contributed by atoms with E-state index in [4.69, 9.17) is 21.4 Å². The number of amides is 1. The summed E-state index contributed by atoms with van der Waals surface area (Å²) in [5.74, 6) is -0.245. The topological polar surface area (TPSA) is 66.8 Å². The van der Waals surface area contributed by atoms with E-state index in [0.717, 1.165) is 3.57 Å². The van der Waals surface area contributed by atoms with Crippen LogP contribution in [-0.4, -0.2) is 46.7 Å². The second-order valence-electron chi connectivity index (χ2n) is 4.10. The summed E-state index contributed by atoms with van der Waals surface area (Å²) in [6.07, 6.45) is 0. The lowest BCUT2D eigenvalue weighted by Gasteiger charge is -2.21. The molecule has 1 aliphatic rings. The molecular formula is C12H11ClINO4S. The monoisotopic (exact) mass is 427 g/mol. The Balaban J connectivity index is 2.38. The molecule has 1 amide bonds. The van der Waals surface area contributed by atoms with Gasteiger partial charge in [0.15, 0.2) is 0 Å². The third-order valence-electron chi connectivity index (χ3n) is 2.90. The second kappa shape index (κ2) is 6.40. The Morgan fingerprint density at radius 1 is 1.55 bits per heavy atom. The summed E-state index contributed by atoms with van der Waals surface area (Å²) in [6.45, 7) is 0. The van der Waals surface area contributed by atoms with Crippen molar-refractivity contribution in [1.82, 2.24) is 4.90 Å². The average Bonchev–Trinajstić information content (AvgIpc) is 2.90. The van der Waals surface area contributed by atoms with Crippen LogP contribution in [0, 0.1) is 3.57 Å². The molecule has 1 heterocycles. The molecule has 2 rings (SSSR count). The minimum absolute atomic E-state index is 0.284. The summed E-state index contributed by atoms with van der Waals surface area (Å²) >= 11 is 9.49. The van der Waals surface area contributed by atoms with Gasteiger partial charge in [-0.25, -0.2) is 4.79 Å². The first kappa shape index (κ1) is 15.7. The van der Waals surface area contributed by atoms with Gasteiger partial charge >= 0.3 is 5.97 Å². The van der Waals surface area contributed by atoms with E-state index in [-0.39, 0.29) is 11.5 Å². The molecule has 1 saturated heterocycles. The molecule has 0 radical (unpaired) electrons. The third-order valence-corrected chi connectivity index (χ3v) is 5.44. The van der Waals surface area contributed by atoms with Crippen molar-refractivity contribution < 1.29 is 19.4 Å². The fraction of sp³-hybridized carbons (Fsp3) is 0.333. The van der Waals surface area contributed by atoms with Crippen molar-refractivity contribution in [3.8, 4) is 5.75 Å². The predicted octanol–water partition coefficient (Wildman–Crippen LogP) is 2.55. The maximum absolute atomic E-state index is 12.5. The van der Waals surface area contributed by atoms with E-state index in [0.29, 0.717) is 22.4 Å². The molecule has 1 aromatic carbocycles. The fourth-order valence-electron chi connectivity index (χ4n) is 1.87. The minimum atomic E-state index is -1.00. The summed E-state index contributed by atoms with van der Waals surface area (Å²) in [4.78, 5) is 25.0. The van der Waals surface area contributed by atoms with E-state index in [1.807, 2.05) is 22.6 Å². The van der Waals surface area contributed by atoms with Gasteiger partial charge in [0.25, 0.3) is 5.91 Å².